The molecule has 18 heavy (non-hydrogen) atoms. The highest BCUT2D eigenvalue weighted by Gasteiger charge is 2.39. The summed E-state index contributed by atoms with van der Waals surface area (Å²) in [6.07, 6.45) is 8.47. The van der Waals surface area contributed by atoms with Gasteiger partial charge >= 0.3 is 0 Å². The van der Waals surface area contributed by atoms with E-state index in [0.717, 1.165) is 12.0 Å². The largest absolute Gasteiger partial charge is 0.282 e. The maximum atomic E-state index is 5.39. The van der Waals surface area contributed by atoms with E-state index in [1.54, 1.807) is 0 Å². The fourth-order valence-electron chi connectivity index (χ4n) is 2.93. The molecule has 0 saturated heterocycles. The number of hydrogen-bond donors (Lipinski definition) is 1. The number of rotatable bonds is 1. The van der Waals surface area contributed by atoms with Crippen LogP contribution in [0.5, 0.6) is 0 Å². The molecule has 2 heteroatoms. The molecule has 1 heterocycles. The van der Waals surface area contributed by atoms with Crippen molar-refractivity contribution in [1.82, 2.24) is 10.2 Å². The van der Waals surface area contributed by atoms with E-state index in [1.807, 2.05) is 18.3 Å². The van der Waals surface area contributed by atoms with Gasteiger partial charge in [0, 0.05) is 28.2 Å². The van der Waals surface area contributed by atoms with Crippen LogP contribution in [0.3, 0.4) is 0 Å². The topological polar surface area (TPSA) is 28.7 Å². The number of terminal acetylenes is 1. The molecule has 2 aromatic rings. The Labute approximate surface area is 107 Å². The number of nitrogens with one attached hydrogen (secondary N) is 1. The van der Waals surface area contributed by atoms with Gasteiger partial charge < -0.3 is 0 Å². The van der Waals surface area contributed by atoms with Gasteiger partial charge in [0.15, 0.2) is 0 Å². The predicted octanol–water partition coefficient (Wildman–Crippen LogP) is 3.20. The van der Waals surface area contributed by atoms with Gasteiger partial charge in [-0.15, -0.1) is 6.42 Å². The smallest absolute Gasteiger partial charge is 0.0528 e. The lowest BCUT2D eigenvalue weighted by molar-refractivity contribution is 0.483. The van der Waals surface area contributed by atoms with Gasteiger partial charge in [-0.3, -0.25) is 5.10 Å². The summed E-state index contributed by atoms with van der Waals surface area (Å²) in [5.74, 6) is 3.09. The zero-order valence-electron chi connectivity index (χ0n) is 10.7. The van der Waals surface area contributed by atoms with Crippen LogP contribution in [0.15, 0.2) is 30.5 Å². The lowest BCUT2D eigenvalue weighted by Gasteiger charge is -2.18. The second kappa shape index (κ2) is 3.74. The molecular weight excluding hydrogens is 220 g/mol. The molecule has 0 spiro atoms. The van der Waals surface area contributed by atoms with Crippen molar-refractivity contribution in [2.45, 2.75) is 31.6 Å². The summed E-state index contributed by atoms with van der Waals surface area (Å²) in [7, 11) is 0. The number of H-pyrrole nitrogens is 1. The van der Waals surface area contributed by atoms with Gasteiger partial charge in [0.1, 0.15) is 0 Å². The van der Waals surface area contributed by atoms with Gasteiger partial charge in [0.2, 0.25) is 0 Å². The highest BCUT2D eigenvalue weighted by atomic mass is 15.1. The van der Waals surface area contributed by atoms with Crippen molar-refractivity contribution in [3.8, 4) is 12.3 Å². The average molecular weight is 236 g/mol. The average Bonchev–Trinajstić information content (AvgIpc) is 2.93. The van der Waals surface area contributed by atoms with Crippen LogP contribution in [0.2, 0.25) is 0 Å². The first kappa shape index (κ1) is 11.1. The second-order valence-electron chi connectivity index (χ2n) is 5.61. The molecule has 0 radical (unpaired) electrons. The Hall–Kier alpha value is -2.01. The molecule has 1 atom stereocenters. The molecule has 2 nitrogen and oxygen atoms in total. The lowest BCUT2D eigenvalue weighted by atomic mass is 9.86. The highest BCUT2D eigenvalue weighted by molar-refractivity contribution is 5.44. The molecule has 1 aliphatic carbocycles. The first-order valence-corrected chi connectivity index (χ1v) is 6.22. The van der Waals surface area contributed by atoms with E-state index in [1.165, 1.54) is 16.8 Å². The van der Waals surface area contributed by atoms with Crippen molar-refractivity contribution in [2.75, 3.05) is 0 Å². The summed E-state index contributed by atoms with van der Waals surface area (Å²) in [5, 5.41) is 7.34. The number of aromatic amines is 1. The summed E-state index contributed by atoms with van der Waals surface area (Å²) >= 11 is 0. The third kappa shape index (κ3) is 1.55. The summed E-state index contributed by atoms with van der Waals surface area (Å²) in [6.45, 7) is 4.53. The Morgan fingerprint density at radius 2 is 2.06 bits per heavy atom. The van der Waals surface area contributed by atoms with Crippen LogP contribution in [0.25, 0.3) is 0 Å². The molecule has 90 valence electrons. The van der Waals surface area contributed by atoms with Crippen molar-refractivity contribution in [2.24, 2.45) is 0 Å². The number of fused-ring (bicyclic) bond motifs is 1. The fourth-order valence-corrected chi connectivity index (χ4v) is 2.93. The third-order valence-corrected chi connectivity index (χ3v) is 3.92. The lowest BCUT2D eigenvalue weighted by Crippen LogP contribution is -2.14. The third-order valence-electron chi connectivity index (χ3n) is 3.92. The van der Waals surface area contributed by atoms with E-state index < -0.39 is 0 Å². The zero-order valence-corrected chi connectivity index (χ0v) is 10.7. The van der Waals surface area contributed by atoms with Crippen LogP contribution >= 0.6 is 0 Å². The van der Waals surface area contributed by atoms with Gasteiger partial charge in [-0.2, -0.15) is 5.10 Å². The molecule has 0 aliphatic heterocycles. The summed E-state index contributed by atoms with van der Waals surface area (Å²) < 4.78 is 0. The summed E-state index contributed by atoms with van der Waals surface area (Å²) in [6, 6.07) is 8.30. The second-order valence-corrected chi connectivity index (χ2v) is 5.61. The van der Waals surface area contributed by atoms with Crippen molar-refractivity contribution in [3.63, 3.8) is 0 Å². The number of nitrogens with zero attached hydrogens (tertiary/aromatic N) is 1. The highest BCUT2D eigenvalue weighted by Crippen LogP contribution is 2.47. The van der Waals surface area contributed by atoms with Crippen molar-refractivity contribution in [3.05, 3.63) is 52.8 Å². The summed E-state index contributed by atoms with van der Waals surface area (Å²) in [5.41, 5.74) is 5.02. The van der Waals surface area contributed by atoms with Crippen molar-refractivity contribution in [1.29, 1.82) is 0 Å². The number of hydrogen-bond acceptors (Lipinski definition) is 1. The summed E-state index contributed by atoms with van der Waals surface area (Å²) in [4.78, 5) is 0. The van der Waals surface area contributed by atoms with E-state index >= 15 is 0 Å². The standard InChI is InChI=1S/C16H16N2/c1-4-11-5-7-12(8-6-11)13-9-16(2,3)15-14(13)10-17-18-15/h1,5-8,10,13H,9H2,2-3H3,(H,17,18). The Bertz CT molecular complexity index is 611. The molecule has 0 fully saturated rings. The van der Waals surface area contributed by atoms with Gasteiger partial charge in [-0.25, -0.2) is 0 Å². The SMILES string of the molecule is C#Cc1ccc(C2CC(C)(C)c3[nH]ncc32)cc1. The molecule has 1 aromatic carbocycles. The first-order chi connectivity index (χ1) is 8.62. The van der Waals surface area contributed by atoms with Crippen molar-refractivity contribution < 1.29 is 0 Å². The number of benzene rings is 1. The quantitative estimate of drug-likeness (QED) is 0.757. The zero-order chi connectivity index (χ0) is 12.8. The van der Waals surface area contributed by atoms with Crippen LogP contribution in [0.4, 0.5) is 0 Å². The Morgan fingerprint density at radius 3 is 2.72 bits per heavy atom. The van der Waals surface area contributed by atoms with Crippen LogP contribution in [0.1, 0.15) is 48.6 Å². The normalized spacial score (nSPS) is 20.4. The Morgan fingerprint density at radius 1 is 1.33 bits per heavy atom. The molecule has 1 N–H and O–H groups in total. The van der Waals surface area contributed by atoms with E-state index in [2.05, 4.69) is 42.1 Å². The maximum absolute atomic E-state index is 5.39. The molecule has 3 rings (SSSR count). The van der Waals surface area contributed by atoms with E-state index in [-0.39, 0.29) is 5.41 Å². The maximum Gasteiger partial charge on any atom is 0.0528 e. The molecule has 0 bridgehead atoms. The van der Waals surface area contributed by atoms with Crippen LogP contribution < -0.4 is 0 Å². The van der Waals surface area contributed by atoms with Gasteiger partial charge in [-0.1, -0.05) is 31.9 Å². The van der Waals surface area contributed by atoms with E-state index in [4.69, 9.17) is 6.42 Å². The molecule has 1 aliphatic rings. The molecular formula is C16H16N2. The van der Waals surface area contributed by atoms with E-state index in [0.29, 0.717) is 5.92 Å². The minimum Gasteiger partial charge on any atom is -0.282 e. The molecule has 1 aromatic heterocycles. The first-order valence-electron chi connectivity index (χ1n) is 6.22. The monoisotopic (exact) mass is 236 g/mol. The van der Waals surface area contributed by atoms with Gasteiger partial charge in [-0.05, 0) is 24.1 Å². The van der Waals surface area contributed by atoms with Crippen molar-refractivity contribution >= 4 is 0 Å². The van der Waals surface area contributed by atoms with Crippen LogP contribution in [-0.2, 0) is 5.41 Å². The van der Waals surface area contributed by atoms with Gasteiger partial charge in [0.05, 0.1) is 6.20 Å². The van der Waals surface area contributed by atoms with Crippen LogP contribution in [0, 0.1) is 12.3 Å². The number of aromatic nitrogens is 2. The van der Waals surface area contributed by atoms with E-state index in [9.17, 15) is 0 Å². The minimum absolute atomic E-state index is 0.168. The Balaban J connectivity index is 2.02. The fraction of sp³-hybridized carbons (Fsp3) is 0.312. The Kier molecular flexibility index (Phi) is 2.31. The predicted molar refractivity (Wildman–Crippen MR) is 72.5 cm³/mol. The minimum atomic E-state index is 0.168. The molecule has 0 saturated carbocycles. The van der Waals surface area contributed by atoms with Crippen LogP contribution in [-0.4, -0.2) is 10.2 Å². The molecule has 1 unspecified atom stereocenters. The van der Waals surface area contributed by atoms with Gasteiger partial charge in [0.25, 0.3) is 0 Å². The molecule has 0 amide bonds.